The molecule has 0 heterocycles. The van der Waals surface area contributed by atoms with E-state index in [2.05, 4.69) is 0 Å². The topological polar surface area (TPSA) is 74.6 Å². The number of alkyl halides is 1. The average molecular weight is 318 g/mol. The lowest BCUT2D eigenvalue weighted by molar-refractivity contribution is -0.139. The minimum absolute atomic E-state index is 0.0278. The number of carbonyl (C=O) groups is 2. The summed E-state index contributed by atoms with van der Waals surface area (Å²) in [4.78, 5) is 20.2. The van der Waals surface area contributed by atoms with Gasteiger partial charge in [-0.3, -0.25) is 9.59 Å². The molecule has 1 rings (SSSR count). The van der Waals surface area contributed by atoms with E-state index in [9.17, 15) is 9.59 Å². The maximum atomic E-state index is 10.7. The molecule has 1 aliphatic rings. The summed E-state index contributed by atoms with van der Waals surface area (Å²) in [6.07, 6.45) is 1.60. The second-order valence-corrected chi connectivity index (χ2v) is 6.24. The van der Waals surface area contributed by atoms with Gasteiger partial charge in [0.25, 0.3) is 0 Å². The van der Waals surface area contributed by atoms with Gasteiger partial charge in [0.1, 0.15) is 9.87 Å². The Bertz CT molecular complexity index is 359. The van der Waals surface area contributed by atoms with Gasteiger partial charge in [0.15, 0.2) is 0 Å². The highest BCUT2D eigenvalue weighted by Gasteiger charge is 2.60. The quantitative estimate of drug-likeness (QED) is 0.783. The van der Waals surface area contributed by atoms with Crippen molar-refractivity contribution in [1.29, 1.82) is 0 Å². The van der Waals surface area contributed by atoms with Crippen molar-refractivity contribution >= 4 is 46.7 Å². The van der Waals surface area contributed by atoms with Crippen LogP contribution < -0.4 is 0 Å². The number of allylic oxidation sites excluding steroid dienone is 1. The van der Waals surface area contributed by atoms with Crippen molar-refractivity contribution in [2.75, 3.05) is 0 Å². The Morgan fingerprint density at radius 2 is 1.67 bits per heavy atom. The lowest BCUT2D eigenvalue weighted by Gasteiger charge is -1.96. The zero-order chi connectivity index (χ0) is 14.7. The van der Waals surface area contributed by atoms with Gasteiger partial charge in [-0.15, -0.1) is 11.6 Å². The second-order valence-electron chi connectivity index (χ2n) is 4.57. The molecule has 104 valence electrons. The number of carboxylic acids is 2. The fraction of sp³-hybridized carbons (Fsp3) is 0.636. The van der Waals surface area contributed by atoms with Gasteiger partial charge in [0.05, 0.1) is 5.92 Å². The summed E-state index contributed by atoms with van der Waals surface area (Å²) < 4.78 is 0.150. The number of hydrogen-bond donors (Lipinski definition) is 2. The normalized spacial score (nSPS) is 25.2. The molecule has 18 heavy (non-hydrogen) atoms. The van der Waals surface area contributed by atoms with Crippen LogP contribution in [0.4, 0.5) is 0 Å². The number of carboxylic acid groups (broad SMARTS) is 2. The summed E-state index contributed by atoms with van der Waals surface area (Å²) in [7, 11) is 0. The van der Waals surface area contributed by atoms with E-state index in [1.54, 1.807) is 6.08 Å². The van der Waals surface area contributed by atoms with E-state index in [0.29, 0.717) is 0 Å². The van der Waals surface area contributed by atoms with E-state index in [1.165, 1.54) is 6.92 Å². The molecule has 7 heteroatoms. The van der Waals surface area contributed by atoms with E-state index < -0.39 is 17.3 Å². The van der Waals surface area contributed by atoms with E-state index in [-0.39, 0.29) is 21.7 Å². The van der Waals surface area contributed by atoms with Crippen molar-refractivity contribution in [3.05, 3.63) is 10.6 Å². The van der Waals surface area contributed by atoms with E-state index in [1.807, 2.05) is 13.8 Å². The monoisotopic (exact) mass is 316 g/mol. The summed E-state index contributed by atoms with van der Waals surface area (Å²) in [6.45, 7) is 5.19. The largest absolute Gasteiger partial charge is 0.481 e. The first kappa shape index (κ1) is 17.6. The molecule has 1 fully saturated rings. The van der Waals surface area contributed by atoms with Crippen LogP contribution in [0.1, 0.15) is 20.8 Å². The third-order valence-corrected chi connectivity index (χ3v) is 3.26. The van der Waals surface area contributed by atoms with Crippen LogP contribution in [0.5, 0.6) is 0 Å². The predicted octanol–water partition coefficient (Wildman–Crippen LogP) is 3.36. The van der Waals surface area contributed by atoms with Crippen molar-refractivity contribution in [3.8, 4) is 0 Å². The molecular formula is C11H15Cl3O4. The summed E-state index contributed by atoms with van der Waals surface area (Å²) in [6, 6.07) is 0. The third kappa shape index (κ3) is 5.04. The van der Waals surface area contributed by atoms with Crippen molar-refractivity contribution in [2.24, 2.45) is 17.3 Å². The third-order valence-electron chi connectivity index (χ3n) is 2.82. The maximum Gasteiger partial charge on any atom is 0.321 e. The minimum Gasteiger partial charge on any atom is -0.481 e. The van der Waals surface area contributed by atoms with Crippen LogP contribution in [-0.4, -0.2) is 27.5 Å². The Morgan fingerprint density at radius 3 is 1.83 bits per heavy atom. The Labute approximate surface area is 121 Å². The van der Waals surface area contributed by atoms with E-state index in [0.717, 1.165) is 0 Å². The first-order chi connectivity index (χ1) is 8.01. The Hall–Kier alpha value is -0.450. The molecule has 0 bridgehead atoms. The lowest BCUT2D eigenvalue weighted by atomic mass is 10.1. The Balaban J connectivity index is 0.000000411. The van der Waals surface area contributed by atoms with Crippen LogP contribution in [0, 0.1) is 17.3 Å². The van der Waals surface area contributed by atoms with Gasteiger partial charge < -0.3 is 10.2 Å². The highest BCUT2D eigenvalue weighted by Crippen LogP contribution is 2.59. The molecule has 4 nitrogen and oxygen atoms in total. The van der Waals surface area contributed by atoms with Gasteiger partial charge in [-0.1, -0.05) is 37.0 Å². The number of aliphatic carboxylic acids is 2. The molecule has 0 aromatic heterocycles. The second kappa shape index (κ2) is 6.64. The van der Waals surface area contributed by atoms with Gasteiger partial charge in [0, 0.05) is 0 Å². The highest BCUT2D eigenvalue weighted by molar-refractivity contribution is 6.55. The molecule has 0 aromatic carbocycles. The van der Waals surface area contributed by atoms with Crippen LogP contribution >= 0.6 is 34.8 Å². The zero-order valence-corrected chi connectivity index (χ0v) is 12.4. The molecule has 3 atom stereocenters. The molecule has 1 aliphatic carbocycles. The maximum absolute atomic E-state index is 10.7. The molecule has 1 saturated carbocycles. The van der Waals surface area contributed by atoms with Gasteiger partial charge >= 0.3 is 11.9 Å². The Morgan fingerprint density at radius 1 is 1.28 bits per heavy atom. The van der Waals surface area contributed by atoms with E-state index >= 15 is 0 Å². The van der Waals surface area contributed by atoms with Gasteiger partial charge in [-0.25, -0.2) is 0 Å². The molecule has 0 saturated heterocycles. The highest BCUT2D eigenvalue weighted by atomic mass is 35.5. The molecule has 0 radical (unpaired) electrons. The fourth-order valence-corrected chi connectivity index (χ4v) is 1.87. The van der Waals surface area contributed by atoms with Crippen LogP contribution in [0.25, 0.3) is 0 Å². The standard InChI is InChI=1S/C8H10Cl2O2.C3H5ClO2/c1-8(2)4(3-5(9)10)6(8)7(11)12;1-2(4)3(5)6/h3-4,6H,1-2H3,(H,11,12);2H,1H3,(H,5,6). The number of hydrogen-bond acceptors (Lipinski definition) is 2. The first-order valence-electron chi connectivity index (χ1n) is 5.14. The molecule has 0 spiro atoms. The van der Waals surface area contributed by atoms with Crippen LogP contribution in [0.15, 0.2) is 10.6 Å². The van der Waals surface area contributed by atoms with Crippen molar-refractivity contribution < 1.29 is 19.8 Å². The van der Waals surface area contributed by atoms with Gasteiger partial charge in [0.2, 0.25) is 0 Å². The molecule has 2 N–H and O–H groups in total. The van der Waals surface area contributed by atoms with Crippen LogP contribution in [0.3, 0.4) is 0 Å². The molecular weight excluding hydrogens is 302 g/mol. The first-order valence-corrected chi connectivity index (χ1v) is 6.33. The van der Waals surface area contributed by atoms with Crippen LogP contribution in [0.2, 0.25) is 0 Å². The smallest absolute Gasteiger partial charge is 0.321 e. The fourth-order valence-electron chi connectivity index (χ4n) is 1.60. The van der Waals surface area contributed by atoms with E-state index in [4.69, 9.17) is 45.0 Å². The predicted molar refractivity (Wildman–Crippen MR) is 71.1 cm³/mol. The van der Waals surface area contributed by atoms with Crippen molar-refractivity contribution in [1.82, 2.24) is 0 Å². The summed E-state index contributed by atoms with van der Waals surface area (Å²) in [5.41, 5.74) is -0.207. The molecule has 0 amide bonds. The van der Waals surface area contributed by atoms with Gasteiger partial charge in [-0.2, -0.15) is 0 Å². The lowest BCUT2D eigenvalue weighted by Crippen LogP contribution is -2.06. The Kier molecular flexibility index (Phi) is 6.47. The molecule has 3 unspecified atom stereocenters. The molecule has 0 aliphatic heterocycles. The number of halogens is 3. The molecule has 0 aromatic rings. The van der Waals surface area contributed by atoms with Gasteiger partial charge in [-0.05, 0) is 24.3 Å². The van der Waals surface area contributed by atoms with Crippen molar-refractivity contribution in [2.45, 2.75) is 26.1 Å². The summed E-state index contributed by atoms with van der Waals surface area (Å²) in [5.74, 6) is -2.13. The zero-order valence-electron chi connectivity index (χ0n) is 10.2. The summed E-state index contributed by atoms with van der Waals surface area (Å²) in [5, 5.41) is 15.9. The van der Waals surface area contributed by atoms with Crippen molar-refractivity contribution in [3.63, 3.8) is 0 Å². The average Bonchev–Trinajstić information content (AvgIpc) is 2.67. The number of rotatable bonds is 3. The minimum atomic E-state index is -0.975. The SMILES string of the molecule is CC(Cl)C(=O)O.CC1(C)C(C=C(Cl)Cl)C1C(=O)O. The van der Waals surface area contributed by atoms with Crippen LogP contribution in [-0.2, 0) is 9.59 Å². The summed E-state index contributed by atoms with van der Waals surface area (Å²) >= 11 is 15.9.